The third-order valence-corrected chi connectivity index (χ3v) is 3.79. The zero-order valence-corrected chi connectivity index (χ0v) is 14.5. The lowest BCUT2D eigenvalue weighted by Gasteiger charge is -2.26. The molecule has 0 bridgehead atoms. The van der Waals surface area contributed by atoms with E-state index in [1.807, 2.05) is 6.20 Å². The largest absolute Gasteiger partial charge is 0.356 e. The van der Waals surface area contributed by atoms with E-state index in [1.54, 1.807) is 0 Å². The maximum atomic E-state index is 4.61. The van der Waals surface area contributed by atoms with Gasteiger partial charge in [-0.25, -0.2) is 4.98 Å². The van der Waals surface area contributed by atoms with Gasteiger partial charge in [-0.1, -0.05) is 27.7 Å². The van der Waals surface area contributed by atoms with Crippen molar-refractivity contribution < 1.29 is 0 Å². The molecule has 1 heterocycles. The topological polar surface area (TPSA) is 16.1 Å². The Morgan fingerprint density at radius 1 is 1.11 bits per heavy atom. The summed E-state index contributed by atoms with van der Waals surface area (Å²) in [5.74, 6) is 2.54. The molecule has 0 spiro atoms. The molecular weight excluding hydrogens is 300 g/mol. The molecule has 0 aliphatic carbocycles. The fourth-order valence-corrected chi connectivity index (χ4v) is 2.62. The summed E-state index contributed by atoms with van der Waals surface area (Å²) in [5, 5.41) is 0. The van der Waals surface area contributed by atoms with Crippen LogP contribution in [0, 0.1) is 18.8 Å². The average molecular weight is 327 g/mol. The van der Waals surface area contributed by atoms with Crippen LogP contribution in [0.4, 0.5) is 5.82 Å². The van der Waals surface area contributed by atoms with Gasteiger partial charge in [0.1, 0.15) is 5.82 Å². The van der Waals surface area contributed by atoms with Gasteiger partial charge < -0.3 is 4.90 Å². The summed E-state index contributed by atoms with van der Waals surface area (Å²) in [6.45, 7) is 13.3. The van der Waals surface area contributed by atoms with Crippen molar-refractivity contribution in [2.75, 3.05) is 18.0 Å². The van der Waals surface area contributed by atoms with Gasteiger partial charge >= 0.3 is 0 Å². The van der Waals surface area contributed by atoms with Crippen LogP contribution in [0.15, 0.2) is 16.7 Å². The molecule has 0 N–H and O–H groups in total. The lowest BCUT2D eigenvalue weighted by molar-refractivity contribution is 0.532. The molecule has 19 heavy (non-hydrogen) atoms. The van der Waals surface area contributed by atoms with Crippen molar-refractivity contribution in [1.82, 2.24) is 4.98 Å². The quantitative estimate of drug-likeness (QED) is 0.696. The van der Waals surface area contributed by atoms with Gasteiger partial charge in [0.25, 0.3) is 0 Å². The monoisotopic (exact) mass is 326 g/mol. The molecule has 0 aliphatic rings. The van der Waals surface area contributed by atoms with Crippen LogP contribution < -0.4 is 4.90 Å². The number of hydrogen-bond donors (Lipinski definition) is 0. The van der Waals surface area contributed by atoms with Crippen LogP contribution in [0.25, 0.3) is 0 Å². The Balaban J connectivity index is 2.81. The number of halogens is 1. The first-order chi connectivity index (χ1) is 8.90. The predicted octanol–water partition coefficient (Wildman–Crippen LogP) is 5.05. The van der Waals surface area contributed by atoms with Crippen LogP contribution in [-0.4, -0.2) is 18.1 Å². The number of hydrogen-bond acceptors (Lipinski definition) is 2. The molecule has 1 aromatic rings. The molecule has 0 atom stereocenters. The molecule has 1 rings (SSSR count). The van der Waals surface area contributed by atoms with Crippen LogP contribution in [0.5, 0.6) is 0 Å². The van der Waals surface area contributed by atoms with E-state index in [1.165, 1.54) is 18.4 Å². The predicted molar refractivity (Wildman–Crippen MR) is 87.8 cm³/mol. The second kappa shape index (κ2) is 7.88. The van der Waals surface area contributed by atoms with Crippen molar-refractivity contribution in [3.8, 4) is 0 Å². The molecule has 108 valence electrons. The highest BCUT2D eigenvalue weighted by Gasteiger charge is 2.13. The Kier molecular flexibility index (Phi) is 6.84. The minimum Gasteiger partial charge on any atom is -0.356 e. The highest BCUT2D eigenvalue weighted by atomic mass is 79.9. The fourth-order valence-electron chi connectivity index (χ4n) is 1.91. The second-order valence-electron chi connectivity index (χ2n) is 6.17. The van der Waals surface area contributed by atoms with Crippen LogP contribution in [0.3, 0.4) is 0 Å². The molecule has 1 aromatic heterocycles. The second-order valence-corrected chi connectivity index (χ2v) is 7.02. The van der Waals surface area contributed by atoms with Crippen LogP contribution in [-0.2, 0) is 0 Å². The van der Waals surface area contributed by atoms with Crippen molar-refractivity contribution in [2.45, 2.75) is 47.5 Å². The van der Waals surface area contributed by atoms with E-state index in [0.29, 0.717) is 0 Å². The first kappa shape index (κ1) is 16.5. The van der Waals surface area contributed by atoms with Gasteiger partial charge in [0.2, 0.25) is 0 Å². The highest BCUT2D eigenvalue weighted by molar-refractivity contribution is 9.10. The van der Waals surface area contributed by atoms with E-state index in [-0.39, 0.29) is 0 Å². The third kappa shape index (κ3) is 5.94. The molecule has 0 saturated heterocycles. The normalized spacial score (nSPS) is 11.4. The fraction of sp³-hybridized carbons (Fsp3) is 0.688. The lowest BCUT2D eigenvalue weighted by Crippen LogP contribution is -2.28. The zero-order chi connectivity index (χ0) is 14.4. The molecular formula is C16H27BrN2. The smallest absolute Gasteiger partial charge is 0.142 e. The molecule has 2 nitrogen and oxygen atoms in total. The van der Waals surface area contributed by atoms with Gasteiger partial charge in [0.15, 0.2) is 0 Å². The average Bonchev–Trinajstić information content (AvgIpc) is 2.30. The first-order valence-electron chi connectivity index (χ1n) is 7.27. The van der Waals surface area contributed by atoms with Gasteiger partial charge in [-0.2, -0.15) is 0 Å². The van der Waals surface area contributed by atoms with Gasteiger partial charge in [-0.15, -0.1) is 0 Å². The highest BCUT2D eigenvalue weighted by Crippen LogP contribution is 2.25. The maximum Gasteiger partial charge on any atom is 0.142 e. The van der Waals surface area contributed by atoms with E-state index in [4.69, 9.17) is 0 Å². The number of nitrogens with zero attached hydrogens (tertiary/aromatic N) is 2. The Bertz CT molecular complexity index is 376. The number of anilines is 1. The van der Waals surface area contributed by atoms with Crippen molar-refractivity contribution in [3.63, 3.8) is 0 Å². The number of aromatic nitrogens is 1. The van der Waals surface area contributed by atoms with E-state index >= 15 is 0 Å². The van der Waals surface area contributed by atoms with E-state index in [9.17, 15) is 0 Å². The van der Waals surface area contributed by atoms with Gasteiger partial charge in [-0.05, 0) is 59.2 Å². The van der Waals surface area contributed by atoms with Crippen LogP contribution in [0.2, 0.25) is 0 Å². The van der Waals surface area contributed by atoms with Gasteiger partial charge in [0, 0.05) is 19.3 Å². The number of rotatable bonds is 7. The molecule has 0 unspecified atom stereocenters. The summed E-state index contributed by atoms with van der Waals surface area (Å²) in [5.41, 5.74) is 1.20. The Hall–Kier alpha value is -0.570. The Morgan fingerprint density at radius 3 is 2.05 bits per heavy atom. The minimum atomic E-state index is 0.728. The van der Waals surface area contributed by atoms with Crippen LogP contribution in [0.1, 0.15) is 46.1 Å². The first-order valence-corrected chi connectivity index (χ1v) is 8.06. The number of pyridine rings is 1. The summed E-state index contributed by atoms with van der Waals surface area (Å²) < 4.78 is 1.11. The summed E-state index contributed by atoms with van der Waals surface area (Å²) >= 11 is 3.66. The number of aryl methyl sites for hydroxylation is 1. The van der Waals surface area contributed by atoms with Crippen LogP contribution >= 0.6 is 15.9 Å². The van der Waals surface area contributed by atoms with Gasteiger partial charge in [0.05, 0.1) is 4.47 Å². The summed E-state index contributed by atoms with van der Waals surface area (Å²) in [6, 6.07) is 2.15. The Labute approximate surface area is 126 Å². The van der Waals surface area contributed by atoms with Crippen molar-refractivity contribution in [1.29, 1.82) is 0 Å². The summed E-state index contributed by atoms with van der Waals surface area (Å²) in [6.07, 6.45) is 4.37. The standard InChI is InChI=1S/C16H27BrN2/c1-12(2)6-8-19(9-7-13(3)4)16-15(17)10-14(5)11-18-16/h10-13H,6-9H2,1-5H3. The zero-order valence-electron chi connectivity index (χ0n) is 12.9. The summed E-state index contributed by atoms with van der Waals surface area (Å²) in [4.78, 5) is 7.03. The third-order valence-electron chi connectivity index (χ3n) is 3.21. The van der Waals surface area contributed by atoms with Crippen molar-refractivity contribution in [3.05, 3.63) is 22.3 Å². The van der Waals surface area contributed by atoms with E-state index in [2.05, 4.69) is 66.5 Å². The SMILES string of the molecule is Cc1cnc(N(CCC(C)C)CCC(C)C)c(Br)c1. The molecule has 0 radical (unpaired) electrons. The molecule has 3 heteroatoms. The van der Waals surface area contributed by atoms with E-state index < -0.39 is 0 Å². The Morgan fingerprint density at radius 2 is 1.63 bits per heavy atom. The minimum absolute atomic E-state index is 0.728. The molecule has 0 fully saturated rings. The molecule has 0 amide bonds. The molecule has 0 aromatic carbocycles. The van der Waals surface area contributed by atoms with Gasteiger partial charge in [-0.3, -0.25) is 0 Å². The van der Waals surface area contributed by atoms with Crippen molar-refractivity contribution >= 4 is 21.7 Å². The maximum absolute atomic E-state index is 4.61. The molecule has 0 saturated carbocycles. The van der Waals surface area contributed by atoms with E-state index in [0.717, 1.165) is 35.2 Å². The van der Waals surface area contributed by atoms with Crippen molar-refractivity contribution in [2.24, 2.45) is 11.8 Å². The summed E-state index contributed by atoms with van der Waals surface area (Å²) in [7, 11) is 0. The molecule has 0 aliphatic heterocycles. The lowest BCUT2D eigenvalue weighted by atomic mass is 10.1.